The molecule has 0 unspecified atom stereocenters. The quantitative estimate of drug-likeness (QED) is 0.549. The number of aliphatic hydroxyl groups excluding tert-OH is 3. The highest BCUT2D eigenvalue weighted by molar-refractivity contribution is 5.13. The molecule has 176 valence electrons. The molecule has 6 fully saturated rings. The molecular weight excluding hydrogens is 386 g/mol. The summed E-state index contributed by atoms with van der Waals surface area (Å²) in [6.45, 7) is 9.74. The topological polar surface area (TPSA) is 63.9 Å². The van der Waals surface area contributed by atoms with E-state index in [1.54, 1.807) is 0 Å². The monoisotopic (exact) mass is 431 g/mol. The van der Waals surface area contributed by atoms with Crippen LogP contribution < -0.4 is 0 Å². The summed E-state index contributed by atoms with van der Waals surface area (Å²) < 4.78 is 0. The second-order valence-electron chi connectivity index (χ2n) is 13.3. The van der Waals surface area contributed by atoms with Gasteiger partial charge in [-0.1, -0.05) is 20.8 Å². The summed E-state index contributed by atoms with van der Waals surface area (Å²) in [6.07, 6.45) is 7.94. The van der Waals surface area contributed by atoms with Crippen LogP contribution in [0.4, 0.5) is 0 Å². The fourth-order valence-electron chi connectivity index (χ4n) is 10.6. The van der Waals surface area contributed by atoms with E-state index in [1.165, 1.54) is 32.4 Å². The van der Waals surface area contributed by atoms with Crippen molar-refractivity contribution in [1.82, 2.24) is 4.90 Å². The molecule has 4 saturated carbocycles. The summed E-state index contributed by atoms with van der Waals surface area (Å²) >= 11 is 0. The minimum atomic E-state index is -0.271. The second-order valence-corrected chi connectivity index (χ2v) is 13.3. The average Bonchev–Trinajstić information content (AvgIpc) is 3.08. The predicted octanol–water partition coefficient (Wildman–Crippen LogP) is 3.53. The number of rotatable bonds is 0. The van der Waals surface area contributed by atoms with Crippen LogP contribution in [-0.2, 0) is 0 Å². The van der Waals surface area contributed by atoms with E-state index in [-0.39, 0.29) is 29.6 Å². The van der Waals surface area contributed by atoms with E-state index < -0.39 is 0 Å². The molecule has 0 amide bonds. The lowest BCUT2D eigenvalue weighted by atomic mass is 9.51. The van der Waals surface area contributed by atoms with Gasteiger partial charge >= 0.3 is 0 Å². The lowest BCUT2D eigenvalue weighted by Gasteiger charge is -2.58. The Balaban J connectivity index is 1.31. The highest BCUT2D eigenvalue weighted by atomic mass is 16.3. The lowest BCUT2D eigenvalue weighted by Crippen LogP contribution is -2.61. The van der Waals surface area contributed by atoms with Crippen molar-refractivity contribution in [3.63, 3.8) is 0 Å². The standard InChI is InChI=1S/C27H45NO3/c1-14-4-5-23-15(2)26-20(13-28(23)12-14)17-9-21-19(18(17)10-25(26)31)11-24(30)22-8-16(29)6-7-27(21,22)3/h14-26,29-31H,4-13H2,1-3H3/t14-,15-,16-,17+,18+,19-,20-,21-,22+,23-,24+,25-,26+,27+/m0/s1. The van der Waals surface area contributed by atoms with Gasteiger partial charge in [-0.3, -0.25) is 4.90 Å². The molecule has 2 aliphatic heterocycles. The van der Waals surface area contributed by atoms with Crippen LogP contribution >= 0.6 is 0 Å². The van der Waals surface area contributed by atoms with Crippen molar-refractivity contribution in [3.8, 4) is 0 Å². The van der Waals surface area contributed by atoms with Crippen LogP contribution in [0.15, 0.2) is 0 Å². The smallest absolute Gasteiger partial charge is 0.0577 e. The molecule has 6 aliphatic rings. The maximum absolute atomic E-state index is 11.4. The van der Waals surface area contributed by atoms with Crippen LogP contribution in [0.5, 0.6) is 0 Å². The Hall–Kier alpha value is -0.160. The van der Waals surface area contributed by atoms with Gasteiger partial charge in [0, 0.05) is 19.1 Å². The number of hydrogen-bond acceptors (Lipinski definition) is 4. The first-order valence-electron chi connectivity index (χ1n) is 13.6. The molecule has 2 saturated heterocycles. The largest absolute Gasteiger partial charge is 0.393 e. The molecule has 14 atom stereocenters. The van der Waals surface area contributed by atoms with Crippen molar-refractivity contribution in [2.24, 2.45) is 58.7 Å². The van der Waals surface area contributed by atoms with Crippen LogP contribution in [0, 0.1) is 58.7 Å². The third-order valence-corrected chi connectivity index (χ3v) is 12.0. The van der Waals surface area contributed by atoms with Gasteiger partial charge in [0.25, 0.3) is 0 Å². The Labute approximate surface area is 188 Å². The van der Waals surface area contributed by atoms with Gasteiger partial charge in [0.2, 0.25) is 0 Å². The highest BCUT2D eigenvalue weighted by Crippen LogP contribution is 2.67. The van der Waals surface area contributed by atoms with Crippen molar-refractivity contribution in [1.29, 1.82) is 0 Å². The first-order valence-corrected chi connectivity index (χ1v) is 13.6. The SMILES string of the molecule is C[C@H]1CC[C@H]2[C@H](C)[C@@H]3[C@@H](CN2C1)[C@@H]1C[C@H]2[C@@H](C[C@@H](O)[C@H]4C[C@@H](O)CC[C@@]42C)[C@@H]1C[C@@H]3O. The summed E-state index contributed by atoms with van der Waals surface area (Å²) in [5.41, 5.74) is 0.168. The number of fused-ring (bicyclic) bond motifs is 8. The number of piperidine rings is 2. The molecule has 0 bridgehead atoms. The fraction of sp³-hybridized carbons (Fsp3) is 1.00. The maximum atomic E-state index is 11.4. The third-order valence-electron chi connectivity index (χ3n) is 12.0. The Morgan fingerprint density at radius 2 is 1.48 bits per heavy atom. The molecule has 0 aromatic heterocycles. The van der Waals surface area contributed by atoms with Gasteiger partial charge in [0.1, 0.15) is 0 Å². The Kier molecular flexibility index (Phi) is 5.12. The molecule has 0 radical (unpaired) electrons. The van der Waals surface area contributed by atoms with Crippen LogP contribution in [0.3, 0.4) is 0 Å². The van der Waals surface area contributed by atoms with Crippen LogP contribution in [0.1, 0.15) is 72.1 Å². The Morgan fingerprint density at radius 3 is 2.29 bits per heavy atom. The number of nitrogens with zero attached hydrogens (tertiary/aromatic N) is 1. The van der Waals surface area contributed by atoms with E-state index in [1.807, 2.05) is 0 Å². The molecule has 4 heteroatoms. The van der Waals surface area contributed by atoms with E-state index in [0.29, 0.717) is 41.5 Å². The zero-order valence-electron chi connectivity index (χ0n) is 19.9. The van der Waals surface area contributed by atoms with Crippen LogP contribution in [-0.4, -0.2) is 57.7 Å². The van der Waals surface area contributed by atoms with Gasteiger partial charge < -0.3 is 15.3 Å². The minimum Gasteiger partial charge on any atom is -0.393 e. The van der Waals surface area contributed by atoms with Crippen molar-refractivity contribution < 1.29 is 15.3 Å². The normalized spacial score (nSPS) is 61.5. The first-order chi connectivity index (χ1) is 14.8. The first kappa shape index (κ1) is 21.4. The lowest BCUT2D eigenvalue weighted by molar-refractivity contribution is -0.139. The Bertz CT molecular complexity index is 700. The zero-order valence-corrected chi connectivity index (χ0v) is 19.9. The van der Waals surface area contributed by atoms with Gasteiger partial charge in [-0.2, -0.15) is 0 Å². The molecule has 31 heavy (non-hydrogen) atoms. The van der Waals surface area contributed by atoms with Crippen LogP contribution in [0.25, 0.3) is 0 Å². The number of hydrogen-bond donors (Lipinski definition) is 3. The molecular formula is C27H45NO3. The molecule has 6 rings (SSSR count). The van der Waals surface area contributed by atoms with Gasteiger partial charge in [0.15, 0.2) is 0 Å². The van der Waals surface area contributed by atoms with Crippen molar-refractivity contribution in [3.05, 3.63) is 0 Å². The summed E-state index contributed by atoms with van der Waals surface area (Å²) in [7, 11) is 0. The zero-order chi connectivity index (χ0) is 21.7. The molecule has 2 heterocycles. The second kappa shape index (κ2) is 7.42. The van der Waals surface area contributed by atoms with E-state index in [4.69, 9.17) is 0 Å². The summed E-state index contributed by atoms with van der Waals surface area (Å²) in [5, 5.41) is 32.9. The summed E-state index contributed by atoms with van der Waals surface area (Å²) in [4.78, 5) is 2.81. The van der Waals surface area contributed by atoms with E-state index in [0.717, 1.165) is 43.9 Å². The third kappa shape index (κ3) is 3.07. The Morgan fingerprint density at radius 1 is 0.742 bits per heavy atom. The highest BCUT2D eigenvalue weighted by Gasteiger charge is 2.64. The fourth-order valence-corrected chi connectivity index (χ4v) is 10.6. The van der Waals surface area contributed by atoms with Crippen molar-refractivity contribution >= 4 is 0 Å². The van der Waals surface area contributed by atoms with E-state index in [2.05, 4.69) is 25.7 Å². The molecule has 4 nitrogen and oxygen atoms in total. The molecule has 0 aromatic carbocycles. The summed E-state index contributed by atoms with van der Waals surface area (Å²) in [5.74, 6) is 5.31. The number of aliphatic hydroxyl groups is 3. The van der Waals surface area contributed by atoms with Gasteiger partial charge in [-0.25, -0.2) is 0 Å². The van der Waals surface area contributed by atoms with Gasteiger partial charge in [0.05, 0.1) is 18.3 Å². The maximum Gasteiger partial charge on any atom is 0.0577 e. The average molecular weight is 432 g/mol. The van der Waals surface area contributed by atoms with E-state index in [9.17, 15) is 15.3 Å². The van der Waals surface area contributed by atoms with Gasteiger partial charge in [-0.15, -0.1) is 0 Å². The molecule has 3 N–H and O–H groups in total. The predicted molar refractivity (Wildman–Crippen MR) is 121 cm³/mol. The molecule has 0 aromatic rings. The van der Waals surface area contributed by atoms with Crippen LogP contribution in [0.2, 0.25) is 0 Å². The molecule has 4 aliphatic carbocycles. The van der Waals surface area contributed by atoms with Crippen molar-refractivity contribution in [2.45, 2.75) is 96.5 Å². The molecule has 0 spiro atoms. The minimum absolute atomic E-state index is 0.155. The van der Waals surface area contributed by atoms with E-state index >= 15 is 0 Å². The summed E-state index contributed by atoms with van der Waals surface area (Å²) in [6, 6.07) is 0.677. The van der Waals surface area contributed by atoms with Crippen molar-refractivity contribution in [2.75, 3.05) is 13.1 Å². The van der Waals surface area contributed by atoms with Gasteiger partial charge in [-0.05, 0) is 110 Å².